The van der Waals surface area contributed by atoms with Gasteiger partial charge in [-0.05, 0) is 51.4 Å². The number of rotatable bonds is 8. The summed E-state index contributed by atoms with van der Waals surface area (Å²) < 4.78 is 1.88. The Hall–Kier alpha value is -1.99. The minimum atomic E-state index is 0.0715. The second-order valence-electron chi connectivity index (χ2n) is 8.18. The highest BCUT2D eigenvalue weighted by Crippen LogP contribution is 2.23. The molecule has 1 aromatic carbocycles. The molecule has 0 saturated heterocycles. The maximum absolute atomic E-state index is 12.9. The van der Waals surface area contributed by atoms with Crippen LogP contribution in [0.25, 0.3) is 10.6 Å². The SMILES string of the molecule is CCC(CCNC)N(C)C(=O)c1ccc(-c2nn(C)c(=NC3CCCCC3)s2)cc1. The fourth-order valence-corrected chi connectivity index (χ4v) is 5.02. The normalized spacial score (nSPS) is 16.6. The average molecular weight is 430 g/mol. The van der Waals surface area contributed by atoms with Gasteiger partial charge in [0, 0.05) is 31.3 Å². The molecule has 1 fully saturated rings. The van der Waals surface area contributed by atoms with Gasteiger partial charge in [0.15, 0.2) is 0 Å². The van der Waals surface area contributed by atoms with E-state index in [-0.39, 0.29) is 11.9 Å². The Kier molecular flexibility index (Phi) is 8.22. The summed E-state index contributed by atoms with van der Waals surface area (Å²) in [6.45, 7) is 3.04. The smallest absolute Gasteiger partial charge is 0.253 e. The van der Waals surface area contributed by atoms with Gasteiger partial charge in [-0.25, -0.2) is 4.68 Å². The molecule has 6 nitrogen and oxygen atoms in total. The number of carbonyl (C=O) groups is 1. The first-order chi connectivity index (χ1) is 14.5. The van der Waals surface area contributed by atoms with E-state index in [1.54, 1.807) is 11.3 Å². The molecule has 1 atom stereocenters. The molecule has 164 valence electrons. The maximum atomic E-state index is 12.9. The van der Waals surface area contributed by atoms with Crippen molar-refractivity contribution in [2.75, 3.05) is 20.6 Å². The number of aryl methyl sites for hydroxylation is 1. The number of hydrogen-bond acceptors (Lipinski definition) is 5. The van der Waals surface area contributed by atoms with Crippen molar-refractivity contribution < 1.29 is 4.79 Å². The van der Waals surface area contributed by atoms with Crippen LogP contribution in [0.3, 0.4) is 0 Å². The molecule has 1 heterocycles. The lowest BCUT2D eigenvalue weighted by molar-refractivity contribution is 0.0720. The van der Waals surface area contributed by atoms with Crippen molar-refractivity contribution in [3.63, 3.8) is 0 Å². The van der Waals surface area contributed by atoms with Gasteiger partial charge >= 0.3 is 0 Å². The molecular weight excluding hydrogens is 394 g/mol. The van der Waals surface area contributed by atoms with Crippen molar-refractivity contribution in [3.05, 3.63) is 34.6 Å². The summed E-state index contributed by atoms with van der Waals surface area (Å²) in [5, 5.41) is 8.79. The Balaban J connectivity index is 1.73. The summed E-state index contributed by atoms with van der Waals surface area (Å²) in [5.41, 5.74) is 1.75. The Morgan fingerprint density at radius 3 is 2.63 bits per heavy atom. The molecule has 0 spiro atoms. The van der Waals surface area contributed by atoms with Crippen LogP contribution in [0.2, 0.25) is 0 Å². The molecule has 2 aromatic rings. The Morgan fingerprint density at radius 1 is 1.30 bits per heavy atom. The topological polar surface area (TPSA) is 62.5 Å². The summed E-state index contributed by atoms with van der Waals surface area (Å²) in [5.74, 6) is 0.0715. The molecule has 0 radical (unpaired) electrons. The van der Waals surface area contributed by atoms with Gasteiger partial charge in [-0.1, -0.05) is 49.7 Å². The van der Waals surface area contributed by atoms with Gasteiger partial charge in [0.05, 0.1) is 6.04 Å². The summed E-state index contributed by atoms with van der Waals surface area (Å²) in [6.07, 6.45) is 8.17. The number of aromatic nitrogens is 2. The zero-order valence-corrected chi connectivity index (χ0v) is 19.5. The van der Waals surface area contributed by atoms with Gasteiger partial charge in [0.25, 0.3) is 5.91 Å². The molecule has 3 rings (SSSR count). The summed E-state index contributed by atoms with van der Waals surface area (Å²) >= 11 is 1.63. The number of hydrogen-bond donors (Lipinski definition) is 1. The minimum absolute atomic E-state index is 0.0715. The van der Waals surface area contributed by atoms with Crippen LogP contribution < -0.4 is 10.1 Å². The predicted octanol–water partition coefficient (Wildman–Crippen LogP) is 3.84. The Bertz CT molecular complexity index is 880. The van der Waals surface area contributed by atoms with Crippen LogP contribution in [0.4, 0.5) is 0 Å². The highest BCUT2D eigenvalue weighted by Gasteiger charge is 2.20. The lowest BCUT2D eigenvalue weighted by atomic mass is 9.96. The molecule has 1 amide bonds. The second kappa shape index (κ2) is 10.9. The summed E-state index contributed by atoms with van der Waals surface area (Å²) in [7, 11) is 5.81. The van der Waals surface area contributed by atoms with Gasteiger partial charge in [0.2, 0.25) is 4.80 Å². The van der Waals surface area contributed by atoms with Crippen LogP contribution in [0.5, 0.6) is 0 Å². The molecular formula is C23H35N5OS. The van der Waals surface area contributed by atoms with E-state index in [4.69, 9.17) is 4.99 Å². The highest BCUT2D eigenvalue weighted by molar-refractivity contribution is 7.12. The first-order valence-electron chi connectivity index (χ1n) is 11.1. The zero-order valence-electron chi connectivity index (χ0n) is 18.7. The van der Waals surface area contributed by atoms with Crippen molar-refractivity contribution in [3.8, 4) is 10.6 Å². The molecule has 0 aliphatic heterocycles. The van der Waals surface area contributed by atoms with Crippen LogP contribution in [0.15, 0.2) is 29.3 Å². The first kappa shape index (κ1) is 22.7. The molecule has 1 aromatic heterocycles. The summed E-state index contributed by atoms with van der Waals surface area (Å²) in [6, 6.07) is 8.50. The standard InChI is InChI=1S/C23H35N5OS/c1-5-20(15-16-24-2)27(3)22(29)18-13-11-17(12-14-18)21-26-28(4)23(30-21)25-19-9-7-6-8-10-19/h11-14,19-20,24H,5-10,15-16H2,1-4H3. The van der Waals surface area contributed by atoms with Crippen molar-refractivity contribution in [1.29, 1.82) is 0 Å². The average Bonchev–Trinajstić information content (AvgIpc) is 3.14. The number of benzene rings is 1. The van der Waals surface area contributed by atoms with Gasteiger partial charge < -0.3 is 10.2 Å². The lowest BCUT2D eigenvalue weighted by Crippen LogP contribution is -2.38. The fraction of sp³-hybridized carbons (Fsp3) is 0.609. The predicted molar refractivity (Wildman–Crippen MR) is 124 cm³/mol. The van der Waals surface area contributed by atoms with E-state index < -0.39 is 0 Å². The lowest BCUT2D eigenvalue weighted by Gasteiger charge is -2.27. The van der Waals surface area contributed by atoms with Gasteiger partial charge in [-0.3, -0.25) is 9.79 Å². The molecule has 1 aliphatic rings. The summed E-state index contributed by atoms with van der Waals surface area (Å²) in [4.78, 5) is 20.7. The van der Waals surface area contributed by atoms with E-state index in [2.05, 4.69) is 17.3 Å². The largest absolute Gasteiger partial charge is 0.339 e. The molecule has 0 bridgehead atoms. The van der Waals surface area contributed by atoms with Crippen LogP contribution >= 0.6 is 11.3 Å². The minimum Gasteiger partial charge on any atom is -0.339 e. The van der Waals surface area contributed by atoms with Crippen LogP contribution in [0.1, 0.15) is 62.2 Å². The van der Waals surface area contributed by atoms with Crippen LogP contribution in [0, 0.1) is 0 Å². The Morgan fingerprint density at radius 2 is 2.00 bits per heavy atom. The van der Waals surface area contributed by atoms with E-state index in [0.29, 0.717) is 6.04 Å². The highest BCUT2D eigenvalue weighted by atomic mass is 32.1. The second-order valence-corrected chi connectivity index (χ2v) is 9.14. The van der Waals surface area contributed by atoms with Crippen molar-refractivity contribution in [2.45, 2.75) is 64.0 Å². The van der Waals surface area contributed by atoms with E-state index in [0.717, 1.165) is 40.3 Å². The third-order valence-electron chi connectivity index (χ3n) is 6.02. The molecule has 1 aliphatic carbocycles. The number of nitrogens with zero attached hydrogens (tertiary/aromatic N) is 4. The monoisotopic (exact) mass is 429 g/mol. The van der Waals surface area contributed by atoms with Gasteiger partial charge in [-0.2, -0.15) is 5.10 Å². The molecule has 7 heteroatoms. The third kappa shape index (κ3) is 5.58. The molecule has 1 saturated carbocycles. The number of nitrogens with one attached hydrogen (secondary N) is 1. The van der Waals surface area contributed by atoms with Crippen molar-refractivity contribution in [2.24, 2.45) is 12.0 Å². The number of amides is 1. The fourth-order valence-electron chi connectivity index (χ4n) is 4.05. The quantitative estimate of drug-likeness (QED) is 0.693. The molecule has 30 heavy (non-hydrogen) atoms. The van der Waals surface area contributed by atoms with E-state index in [9.17, 15) is 4.79 Å². The molecule has 1 N–H and O–H groups in total. The number of carbonyl (C=O) groups excluding carboxylic acids is 1. The first-order valence-corrected chi connectivity index (χ1v) is 11.9. The zero-order chi connectivity index (χ0) is 21.5. The maximum Gasteiger partial charge on any atom is 0.253 e. The van der Waals surface area contributed by atoms with E-state index in [1.165, 1.54) is 32.1 Å². The van der Waals surface area contributed by atoms with Crippen LogP contribution in [-0.2, 0) is 7.05 Å². The van der Waals surface area contributed by atoms with Crippen LogP contribution in [-0.4, -0.2) is 53.3 Å². The van der Waals surface area contributed by atoms with Gasteiger partial charge in [-0.15, -0.1) is 0 Å². The third-order valence-corrected chi connectivity index (χ3v) is 7.08. The van der Waals surface area contributed by atoms with Crippen molar-refractivity contribution in [1.82, 2.24) is 20.0 Å². The van der Waals surface area contributed by atoms with Crippen molar-refractivity contribution >= 4 is 17.2 Å². The van der Waals surface area contributed by atoms with Gasteiger partial charge in [0.1, 0.15) is 5.01 Å². The Labute approximate surface area is 184 Å². The van der Waals surface area contributed by atoms with E-state index >= 15 is 0 Å². The van der Waals surface area contributed by atoms with E-state index in [1.807, 2.05) is 55.0 Å². The molecule has 1 unspecified atom stereocenters.